The lowest BCUT2D eigenvalue weighted by Crippen LogP contribution is -2.46. The zero-order valence-corrected chi connectivity index (χ0v) is 8.91. The van der Waals surface area contributed by atoms with E-state index in [0.29, 0.717) is 6.54 Å². The van der Waals surface area contributed by atoms with Crippen molar-refractivity contribution in [2.75, 3.05) is 34.9 Å². The van der Waals surface area contributed by atoms with Crippen molar-refractivity contribution in [2.45, 2.75) is 18.8 Å². The Bertz CT molecular complexity index is 118. The summed E-state index contributed by atoms with van der Waals surface area (Å²) < 4.78 is 10.2. The zero-order chi connectivity index (χ0) is 10.3. The molecule has 0 saturated carbocycles. The molecule has 1 atom stereocenters. The summed E-state index contributed by atoms with van der Waals surface area (Å²) in [5.74, 6) is 0. The van der Waals surface area contributed by atoms with Crippen LogP contribution in [0.4, 0.5) is 0 Å². The number of nitrogens with zero attached hydrogens (tertiary/aromatic N) is 1. The molecule has 0 aliphatic carbocycles. The fraction of sp³-hybridized carbons (Fsp3) is 1.00. The average molecular weight is 191 g/mol. The Morgan fingerprint density at radius 3 is 2.15 bits per heavy atom. The smallest absolute Gasteiger partial charge is 0.158 e. The largest absolute Gasteiger partial charge is 0.356 e. The average Bonchev–Trinajstić information content (AvgIpc) is 2.11. The highest BCUT2D eigenvalue weighted by Gasteiger charge is 2.14. The predicted molar refractivity (Wildman–Crippen MR) is 52.1 cm³/mol. The van der Waals surface area contributed by atoms with Gasteiger partial charge in [0.15, 0.2) is 6.29 Å². The van der Waals surface area contributed by atoms with Gasteiger partial charge in [0.2, 0.25) is 0 Å². The molecular weight excluding hydrogens is 170 g/mol. The minimum Gasteiger partial charge on any atom is -0.356 e. The Hall–Kier alpha value is -0.200. The summed E-state index contributed by atoms with van der Waals surface area (Å²) in [5, 5.41) is 1.87. The Balaban J connectivity index is 3.80. The lowest BCUT2D eigenvalue weighted by molar-refractivity contribution is -0.112. The molecule has 0 fully saturated rings. The molecule has 0 aliphatic rings. The Morgan fingerprint density at radius 2 is 1.85 bits per heavy atom. The third kappa shape index (κ3) is 5.95. The van der Waals surface area contributed by atoms with Crippen LogP contribution >= 0.6 is 0 Å². The normalized spacial score (nSPS) is 14.1. The minimum atomic E-state index is -0.194. The maximum atomic E-state index is 5.58. The number of methoxy groups -OCH3 is 2. The monoisotopic (exact) mass is 191 g/mol. The first-order chi connectivity index (χ1) is 6.13. The van der Waals surface area contributed by atoms with E-state index in [-0.39, 0.29) is 12.3 Å². The van der Waals surface area contributed by atoms with Crippen LogP contribution in [-0.4, -0.2) is 52.2 Å². The zero-order valence-electron chi connectivity index (χ0n) is 8.91. The van der Waals surface area contributed by atoms with Gasteiger partial charge < -0.3 is 15.2 Å². The number of ether oxygens (including phenoxy) is 2. The lowest BCUT2D eigenvalue weighted by Gasteiger charge is -2.24. The van der Waals surface area contributed by atoms with Gasteiger partial charge in [-0.15, -0.1) is 0 Å². The third-order valence-electron chi connectivity index (χ3n) is 1.73. The number of nitrogens with one attached hydrogen (secondary N) is 1. The number of rotatable bonds is 7. The molecule has 0 heterocycles. The van der Waals surface area contributed by atoms with Gasteiger partial charge in [0.1, 0.15) is 0 Å². The van der Waals surface area contributed by atoms with Crippen LogP contribution in [0.1, 0.15) is 6.42 Å². The lowest BCUT2D eigenvalue weighted by atomic mass is 10.2. The van der Waals surface area contributed by atoms with Gasteiger partial charge in [-0.25, -0.2) is 0 Å². The molecular formula is C8H21N3O2. The molecule has 1 unspecified atom stereocenters. The van der Waals surface area contributed by atoms with Crippen LogP contribution in [0.25, 0.3) is 0 Å². The highest BCUT2D eigenvalue weighted by Crippen LogP contribution is 2.01. The van der Waals surface area contributed by atoms with E-state index in [2.05, 4.69) is 5.43 Å². The van der Waals surface area contributed by atoms with E-state index < -0.39 is 0 Å². The summed E-state index contributed by atoms with van der Waals surface area (Å²) in [6, 6.07) is 0.180. The highest BCUT2D eigenvalue weighted by molar-refractivity contribution is 4.66. The molecule has 80 valence electrons. The summed E-state index contributed by atoms with van der Waals surface area (Å²) >= 11 is 0. The summed E-state index contributed by atoms with van der Waals surface area (Å²) in [7, 11) is 7.10. The molecule has 3 N–H and O–H groups in total. The summed E-state index contributed by atoms with van der Waals surface area (Å²) in [4.78, 5) is 0. The van der Waals surface area contributed by atoms with Crippen LogP contribution in [0.5, 0.6) is 0 Å². The Morgan fingerprint density at radius 1 is 1.31 bits per heavy atom. The van der Waals surface area contributed by atoms with Crippen molar-refractivity contribution in [1.82, 2.24) is 10.4 Å². The van der Waals surface area contributed by atoms with Gasteiger partial charge in [-0.05, 0) is 0 Å². The van der Waals surface area contributed by atoms with E-state index in [9.17, 15) is 0 Å². The molecule has 0 aromatic carbocycles. The van der Waals surface area contributed by atoms with Gasteiger partial charge >= 0.3 is 0 Å². The first kappa shape index (κ1) is 12.8. The number of hydrogen-bond donors (Lipinski definition) is 2. The molecule has 13 heavy (non-hydrogen) atoms. The summed E-state index contributed by atoms with van der Waals surface area (Å²) in [6.07, 6.45) is 0.544. The molecule has 5 nitrogen and oxygen atoms in total. The number of nitrogens with two attached hydrogens (primary N) is 1. The Kier molecular flexibility index (Phi) is 7.12. The predicted octanol–water partition coefficient (Wildman–Crippen LogP) is -0.611. The molecule has 0 rings (SSSR count). The molecule has 0 spiro atoms. The maximum Gasteiger partial charge on any atom is 0.158 e. The summed E-state index contributed by atoms with van der Waals surface area (Å²) in [6.45, 7) is 0.557. The fourth-order valence-electron chi connectivity index (χ4n) is 1.09. The molecule has 0 saturated heterocycles. The van der Waals surface area contributed by atoms with Crippen LogP contribution in [0.3, 0.4) is 0 Å². The highest BCUT2D eigenvalue weighted by atomic mass is 16.7. The molecule has 5 heteroatoms. The topological polar surface area (TPSA) is 59.8 Å². The van der Waals surface area contributed by atoms with E-state index in [1.165, 1.54) is 0 Å². The molecule has 0 aromatic rings. The van der Waals surface area contributed by atoms with Crippen molar-refractivity contribution < 1.29 is 9.47 Å². The quantitative estimate of drug-likeness (QED) is 0.415. The van der Waals surface area contributed by atoms with Crippen LogP contribution in [0, 0.1) is 0 Å². The number of hydrazine groups is 1. The van der Waals surface area contributed by atoms with E-state index in [1.807, 2.05) is 19.1 Å². The molecule has 0 radical (unpaired) electrons. The first-order valence-corrected chi connectivity index (χ1v) is 4.33. The van der Waals surface area contributed by atoms with Gasteiger partial charge in [-0.1, -0.05) is 0 Å². The van der Waals surface area contributed by atoms with Crippen molar-refractivity contribution in [3.63, 3.8) is 0 Å². The third-order valence-corrected chi connectivity index (χ3v) is 1.73. The van der Waals surface area contributed by atoms with Gasteiger partial charge in [0.05, 0.1) is 0 Å². The molecule has 0 bridgehead atoms. The van der Waals surface area contributed by atoms with Gasteiger partial charge in [-0.2, -0.15) is 0 Å². The van der Waals surface area contributed by atoms with Crippen molar-refractivity contribution in [2.24, 2.45) is 5.73 Å². The van der Waals surface area contributed by atoms with Gasteiger partial charge in [0, 0.05) is 47.3 Å². The second kappa shape index (κ2) is 7.23. The van der Waals surface area contributed by atoms with E-state index in [4.69, 9.17) is 15.2 Å². The Labute approximate surface area is 80.1 Å². The van der Waals surface area contributed by atoms with Gasteiger partial charge in [0.25, 0.3) is 0 Å². The second-order valence-electron chi connectivity index (χ2n) is 3.09. The summed E-state index contributed by atoms with van der Waals surface area (Å²) in [5.41, 5.74) is 8.76. The fourth-order valence-corrected chi connectivity index (χ4v) is 1.09. The molecule has 0 aliphatic heterocycles. The van der Waals surface area contributed by atoms with Crippen molar-refractivity contribution in [3.05, 3.63) is 0 Å². The van der Waals surface area contributed by atoms with Crippen LogP contribution in [0.2, 0.25) is 0 Å². The van der Waals surface area contributed by atoms with Crippen molar-refractivity contribution in [1.29, 1.82) is 0 Å². The minimum absolute atomic E-state index is 0.180. The van der Waals surface area contributed by atoms with E-state index in [1.54, 1.807) is 14.2 Å². The first-order valence-electron chi connectivity index (χ1n) is 4.33. The standard InChI is InChI=1S/C8H21N3O2/c1-11(2)10-7(6-9)5-8(12-3)13-4/h7-8,10H,5-6,9H2,1-4H3. The number of hydrogen-bond acceptors (Lipinski definition) is 5. The van der Waals surface area contributed by atoms with Crippen LogP contribution in [-0.2, 0) is 9.47 Å². The van der Waals surface area contributed by atoms with Crippen LogP contribution in [0.15, 0.2) is 0 Å². The van der Waals surface area contributed by atoms with Crippen LogP contribution < -0.4 is 11.2 Å². The maximum absolute atomic E-state index is 5.58. The van der Waals surface area contributed by atoms with Crippen molar-refractivity contribution in [3.8, 4) is 0 Å². The second-order valence-corrected chi connectivity index (χ2v) is 3.09. The van der Waals surface area contributed by atoms with Crippen molar-refractivity contribution >= 4 is 0 Å². The molecule has 0 amide bonds. The van der Waals surface area contributed by atoms with E-state index >= 15 is 0 Å². The van der Waals surface area contributed by atoms with Gasteiger partial charge in [-0.3, -0.25) is 10.4 Å². The van der Waals surface area contributed by atoms with E-state index in [0.717, 1.165) is 6.42 Å². The molecule has 0 aromatic heterocycles. The SMILES string of the molecule is COC(CC(CN)NN(C)C)OC.